The Labute approximate surface area is 242 Å². The van der Waals surface area contributed by atoms with Crippen molar-refractivity contribution >= 4 is 74.9 Å². The minimum atomic E-state index is 0.669. The number of rotatable bonds is 3. The van der Waals surface area contributed by atoms with Crippen LogP contribution in [0.4, 0.5) is 0 Å². The first-order valence-electron chi connectivity index (χ1n) is 13.4. The summed E-state index contributed by atoms with van der Waals surface area (Å²) in [5.74, 6) is 0.669. The van der Waals surface area contributed by atoms with Crippen molar-refractivity contribution in [2.45, 2.75) is 0 Å². The van der Waals surface area contributed by atoms with Crippen LogP contribution in [0.15, 0.2) is 122 Å². The number of nitrogens with zero attached hydrogens (tertiary/aromatic N) is 4. The summed E-state index contributed by atoms with van der Waals surface area (Å²) in [5, 5.41) is 6.10. The van der Waals surface area contributed by atoms with Crippen molar-refractivity contribution in [3.63, 3.8) is 0 Å². The van der Waals surface area contributed by atoms with E-state index in [9.17, 15) is 0 Å². The number of thiazole rings is 1. The lowest BCUT2D eigenvalue weighted by Gasteiger charge is -2.08. The van der Waals surface area contributed by atoms with Crippen LogP contribution < -0.4 is 0 Å². The Morgan fingerprint density at radius 3 is 2.17 bits per heavy atom. The Kier molecular flexibility index (Phi) is 4.90. The van der Waals surface area contributed by atoms with E-state index >= 15 is 0 Å². The van der Waals surface area contributed by atoms with Gasteiger partial charge in [-0.15, -0.1) is 22.7 Å². The zero-order valence-corrected chi connectivity index (χ0v) is 23.3. The quantitative estimate of drug-likeness (QED) is 0.216. The molecule has 0 saturated heterocycles. The minimum absolute atomic E-state index is 0.669. The number of benzene rings is 5. The summed E-state index contributed by atoms with van der Waals surface area (Å²) in [6.07, 6.45) is 3.86. The highest BCUT2D eigenvalue weighted by Crippen LogP contribution is 2.43. The third-order valence-corrected chi connectivity index (χ3v) is 10.0. The van der Waals surface area contributed by atoms with Crippen LogP contribution in [-0.2, 0) is 0 Å². The smallest absolute Gasteiger partial charge is 0.234 e. The lowest BCUT2D eigenvalue weighted by atomic mass is 10.1. The van der Waals surface area contributed by atoms with Crippen molar-refractivity contribution in [2.75, 3.05) is 0 Å². The predicted octanol–water partition coefficient (Wildman–Crippen LogP) is 9.89. The molecule has 0 saturated carbocycles. The van der Waals surface area contributed by atoms with E-state index in [1.54, 1.807) is 11.3 Å². The predicted molar refractivity (Wildman–Crippen MR) is 173 cm³/mol. The van der Waals surface area contributed by atoms with Crippen LogP contribution in [0.25, 0.3) is 79.8 Å². The van der Waals surface area contributed by atoms with E-state index in [0.717, 1.165) is 38.2 Å². The Balaban J connectivity index is 1.18. The highest BCUT2D eigenvalue weighted by Gasteiger charge is 2.18. The van der Waals surface area contributed by atoms with Crippen LogP contribution in [0.1, 0.15) is 0 Å². The normalized spacial score (nSPS) is 11.9. The molecule has 0 aliphatic rings. The second kappa shape index (κ2) is 8.80. The topological polar surface area (TPSA) is 43.6 Å². The highest BCUT2D eigenvalue weighted by atomic mass is 32.1. The molecule has 4 nitrogen and oxygen atoms in total. The standard InChI is InChI=1S/C35H20N4S2/c1-4-13-28-26(11-1)32-29(17-16-25-24-10-2-5-14-30(24)40-33(25)32)39(28)35-36-19-23(20-37-35)21-8-7-9-22(18-21)34-38-27-12-3-6-15-31(27)41-34/h1-20H. The van der Waals surface area contributed by atoms with E-state index in [0.29, 0.717) is 5.95 Å². The first-order chi connectivity index (χ1) is 20.3. The van der Waals surface area contributed by atoms with Gasteiger partial charge in [-0.1, -0.05) is 72.8 Å². The van der Waals surface area contributed by atoms with Gasteiger partial charge in [0.2, 0.25) is 5.95 Å². The van der Waals surface area contributed by atoms with Crippen molar-refractivity contribution in [3.05, 3.63) is 122 Å². The second-order valence-electron chi connectivity index (χ2n) is 10.1. The molecule has 5 aromatic carbocycles. The molecule has 0 unspecified atom stereocenters. The van der Waals surface area contributed by atoms with Gasteiger partial charge in [-0.25, -0.2) is 15.0 Å². The zero-order chi connectivity index (χ0) is 26.9. The summed E-state index contributed by atoms with van der Waals surface area (Å²) in [6, 6.07) is 38.4. The summed E-state index contributed by atoms with van der Waals surface area (Å²) in [5.41, 5.74) is 6.41. The van der Waals surface area contributed by atoms with Crippen LogP contribution >= 0.6 is 22.7 Å². The van der Waals surface area contributed by atoms with Crippen LogP contribution in [0.2, 0.25) is 0 Å². The Hall–Kier alpha value is -4.91. The monoisotopic (exact) mass is 560 g/mol. The van der Waals surface area contributed by atoms with Crippen molar-refractivity contribution < 1.29 is 0 Å². The molecular weight excluding hydrogens is 541 g/mol. The molecule has 4 aromatic heterocycles. The molecule has 0 radical (unpaired) electrons. The highest BCUT2D eigenvalue weighted by molar-refractivity contribution is 7.26. The molecule has 0 aliphatic heterocycles. The van der Waals surface area contributed by atoms with Gasteiger partial charge in [0.05, 0.1) is 21.3 Å². The van der Waals surface area contributed by atoms with Gasteiger partial charge in [-0.3, -0.25) is 4.57 Å². The van der Waals surface area contributed by atoms with Crippen molar-refractivity contribution in [1.82, 2.24) is 19.5 Å². The molecule has 9 aromatic rings. The molecular formula is C35H20N4S2. The van der Waals surface area contributed by atoms with E-state index < -0.39 is 0 Å². The van der Waals surface area contributed by atoms with Crippen LogP contribution in [0.3, 0.4) is 0 Å². The van der Waals surface area contributed by atoms with E-state index in [1.165, 1.54) is 35.6 Å². The largest absolute Gasteiger partial charge is 0.278 e. The molecule has 0 fully saturated rings. The van der Waals surface area contributed by atoms with Crippen LogP contribution in [0, 0.1) is 0 Å². The van der Waals surface area contributed by atoms with Gasteiger partial charge in [0, 0.05) is 54.5 Å². The van der Waals surface area contributed by atoms with Crippen molar-refractivity contribution in [2.24, 2.45) is 0 Å². The maximum absolute atomic E-state index is 4.90. The Morgan fingerprint density at radius 1 is 0.537 bits per heavy atom. The summed E-state index contributed by atoms with van der Waals surface area (Å²) in [4.78, 5) is 14.6. The van der Waals surface area contributed by atoms with E-state index in [-0.39, 0.29) is 0 Å². The molecule has 192 valence electrons. The summed E-state index contributed by atoms with van der Waals surface area (Å²) in [7, 11) is 0. The number of fused-ring (bicyclic) bond motifs is 8. The number of aromatic nitrogens is 4. The fourth-order valence-corrected chi connectivity index (χ4v) is 8.08. The molecule has 4 heterocycles. The second-order valence-corrected chi connectivity index (χ2v) is 12.2. The molecule has 0 N–H and O–H groups in total. The third kappa shape index (κ3) is 3.48. The van der Waals surface area contributed by atoms with Crippen molar-refractivity contribution in [3.8, 4) is 27.6 Å². The first kappa shape index (κ1) is 22.9. The summed E-state index contributed by atoms with van der Waals surface area (Å²) < 4.78 is 6.00. The molecule has 41 heavy (non-hydrogen) atoms. The lowest BCUT2D eigenvalue weighted by molar-refractivity contribution is 0.990. The van der Waals surface area contributed by atoms with Crippen molar-refractivity contribution in [1.29, 1.82) is 0 Å². The number of hydrogen-bond acceptors (Lipinski definition) is 5. The van der Waals surface area contributed by atoms with E-state index in [4.69, 9.17) is 15.0 Å². The Morgan fingerprint density at radius 2 is 1.29 bits per heavy atom. The third-order valence-electron chi connectivity index (χ3n) is 7.76. The van der Waals surface area contributed by atoms with Gasteiger partial charge in [0.25, 0.3) is 0 Å². The maximum Gasteiger partial charge on any atom is 0.234 e. The molecule has 9 rings (SSSR count). The fraction of sp³-hybridized carbons (Fsp3) is 0. The molecule has 0 amide bonds. The SMILES string of the molecule is c1cc(-c2cnc(-n3c4ccccc4c4c5sc6ccccc6c5ccc43)nc2)cc(-c2nc3ccccc3s2)c1. The molecule has 0 aliphatic carbocycles. The van der Waals surface area contributed by atoms with Gasteiger partial charge < -0.3 is 0 Å². The number of para-hydroxylation sites is 2. The summed E-state index contributed by atoms with van der Waals surface area (Å²) >= 11 is 3.57. The van der Waals surface area contributed by atoms with Gasteiger partial charge in [-0.2, -0.15) is 0 Å². The molecule has 0 spiro atoms. The van der Waals surface area contributed by atoms with E-state index in [1.807, 2.05) is 29.8 Å². The van der Waals surface area contributed by atoms with Gasteiger partial charge in [0.15, 0.2) is 0 Å². The van der Waals surface area contributed by atoms with Crippen LogP contribution in [-0.4, -0.2) is 19.5 Å². The maximum atomic E-state index is 4.90. The molecule has 0 bridgehead atoms. The Bertz CT molecular complexity index is 2400. The minimum Gasteiger partial charge on any atom is -0.278 e. The van der Waals surface area contributed by atoms with Crippen LogP contribution in [0.5, 0.6) is 0 Å². The van der Waals surface area contributed by atoms with Gasteiger partial charge >= 0.3 is 0 Å². The molecule has 6 heteroatoms. The number of thiophene rings is 1. The molecule has 0 atom stereocenters. The van der Waals surface area contributed by atoms with Gasteiger partial charge in [0.1, 0.15) is 5.01 Å². The average molecular weight is 561 g/mol. The lowest BCUT2D eigenvalue weighted by Crippen LogP contribution is -2.00. The fourth-order valence-electron chi connectivity index (χ4n) is 5.86. The van der Waals surface area contributed by atoms with E-state index in [2.05, 4.69) is 108 Å². The number of hydrogen-bond donors (Lipinski definition) is 0. The zero-order valence-electron chi connectivity index (χ0n) is 21.7. The van der Waals surface area contributed by atoms with Gasteiger partial charge in [-0.05, 0) is 42.0 Å². The summed E-state index contributed by atoms with van der Waals surface area (Å²) in [6.45, 7) is 0. The average Bonchev–Trinajstić information content (AvgIpc) is 3.73. The first-order valence-corrected chi connectivity index (χ1v) is 15.1.